The SMILES string of the molecule is Cc1ccc(C(O)C2(CN)CCCCC2)cc1Br. The highest BCUT2D eigenvalue weighted by Crippen LogP contribution is 2.45. The molecule has 1 aliphatic rings. The third-order valence-corrected chi connectivity index (χ3v) is 5.20. The summed E-state index contributed by atoms with van der Waals surface area (Å²) in [5.41, 5.74) is 8.03. The summed E-state index contributed by atoms with van der Waals surface area (Å²) < 4.78 is 1.06. The number of rotatable bonds is 3. The van der Waals surface area contributed by atoms with Crippen molar-refractivity contribution in [2.45, 2.75) is 45.1 Å². The summed E-state index contributed by atoms with van der Waals surface area (Å²) in [6.45, 7) is 2.62. The Hall–Kier alpha value is -0.380. The highest BCUT2D eigenvalue weighted by atomic mass is 79.9. The Morgan fingerprint density at radius 1 is 1.33 bits per heavy atom. The number of hydrogen-bond donors (Lipinski definition) is 2. The van der Waals surface area contributed by atoms with Crippen LogP contribution in [0.3, 0.4) is 0 Å². The number of aryl methyl sites for hydroxylation is 1. The smallest absolute Gasteiger partial charge is 0.0858 e. The van der Waals surface area contributed by atoms with Crippen molar-refractivity contribution < 1.29 is 5.11 Å². The highest BCUT2D eigenvalue weighted by molar-refractivity contribution is 9.10. The van der Waals surface area contributed by atoms with Gasteiger partial charge in [0.05, 0.1) is 6.10 Å². The lowest BCUT2D eigenvalue weighted by molar-refractivity contribution is 0.000656. The first kappa shape index (κ1) is 14.0. The average molecular weight is 312 g/mol. The first-order valence-corrected chi connectivity index (χ1v) is 7.52. The third kappa shape index (κ3) is 2.63. The van der Waals surface area contributed by atoms with Gasteiger partial charge in [0.2, 0.25) is 0 Å². The summed E-state index contributed by atoms with van der Waals surface area (Å²) in [7, 11) is 0. The minimum Gasteiger partial charge on any atom is -0.388 e. The fraction of sp³-hybridized carbons (Fsp3) is 0.600. The molecule has 1 aromatic rings. The van der Waals surface area contributed by atoms with E-state index in [1.807, 2.05) is 12.1 Å². The Morgan fingerprint density at radius 3 is 2.56 bits per heavy atom. The van der Waals surface area contributed by atoms with E-state index in [4.69, 9.17) is 5.73 Å². The molecule has 0 aliphatic heterocycles. The van der Waals surface area contributed by atoms with Gasteiger partial charge in [-0.25, -0.2) is 0 Å². The van der Waals surface area contributed by atoms with Crippen LogP contribution in [0, 0.1) is 12.3 Å². The lowest BCUT2D eigenvalue weighted by Crippen LogP contribution is -2.38. The molecule has 100 valence electrons. The fourth-order valence-electron chi connectivity index (χ4n) is 2.98. The van der Waals surface area contributed by atoms with Crippen molar-refractivity contribution in [1.82, 2.24) is 0 Å². The lowest BCUT2D eigenvalue weighted by atomic mass is 9.68. The van der Waals surface area contributed by atoms with Crippen LogP contribution in [-0.4, -0.2) is 11.7 Å². The van der Waals surface area contributed by atoms with Crippen LogP contribution < -0.4 is 5.73 Å². The number of aliphatic hydroxyl groups excluding tert-OH is 1. The van der Waals surface area contributed by atoms with Crippen LogP contribution in [0.1, 0.15) is 49.3 Å². The second-order valence-corrected chi connectivity index (χ2v) is 6.39. The summed E-state index contributed by atoms with van der Waals surface area (Å²) in [4.78, 5) is 0. The van der Waals surface area contributed by atoms with Gasteiger partial charge in [-0.2, -0.15) is 0 Å². The van der Waals surface area contributed by atoms with Crippen molar-refractivity contribution in [2.24, 2.45) is 11.1 Å². The molecule has 18 heavy (non-hydrogen) atoms. The molecular formula is C15H22BrNO. The second kappa shape index (κ2) is 5.72. The van der Waals surface area contributed by atoms with Crippen molar-refractivity contribution in [3.8, 4) is 0 Å². The zero-order chi connectivity index (χ0) is 13.2. The number of halogens is 1. The van der Waals surface area contributed by atoms with Crippen molar-refractivity contribution in [3.05, 3.63) is 33.8 Å². The molecule has 2 rings (SSSR count). The molecule has 1 fully saturated rings. The fourth-order valence-corrected chi connectivity index (χ4v) is 3.37. The summed E-state index contributed by atoms with van der Waals surface area (Å²) in [6, 6.07) is 6.11. The Labute approximate surface area is 118 Å². The number of nitrogens with two attached hydrogens (primary N) is 1. The van der Waals surface area contributed by atoms with Crippen molar-refractivity contribution in [3.63, 3.8) is 0 Å². The molecule has 0 radical (unpaired) electrons. The largest absolute Gasteiger partial charge is 0.388 e. The first-order valence-electron chi connectivity index (χ1n) is 6.73. The maximum absolute atomic E-state index is 10.7. The average Bonchev–Trinajstić information content (AvgIpc) is 2.42. The third-order valence-electron chi connectivity index (χ3n) is 4.35. The molecule has 1 aliphatic carbocycles. The molecule has 0 amide bonds. The molecule has 0 spiro atoms. The maximum atomic E-state index is 10.7. The van der Waals surface area contributed by atoms with Gasteiger partial charge in [-0.05, 0) is 37.0 Å². The molecule has 1 aromatic carbocycles. The van der Waals surface area contributed by atoms with Crippen LogP contribution in [0.15, 0.2) is 22.7 Å². The molecule has 1 unspecified atom stereocenters. The summed E-state index contributed by atoms with van der Waals surface area (Å²) in [6.07, 6.45) is 5.26. The van der Waals surface area contributed by atoms with Gasteiger partial charge in [0, 0.05) is 16.4 Å². The van der Waals surface area contributed by atoms with Crippen LogP contribution in [0.5, 0.6) is 0 Å². The summed E-state index contributed by atoms with van der Waals surface area (Å²) in [5, 5.41) is 10.7. The topological polar surface area (TPSA) is 46.2 Å². The number of aliphatic hydroxyl groups is 1. The van der Waals surface area contributed by atoms with Gasteiger partial charge >= 0.3 is 0 Å². The minimum absolute atomic E-state index is 0.118. The zero-order valence-electron chi connectivity index (χ0n) is 11.0. The van der Waals surface area contributed by atoms with Gasteiger partial charge in [0.25, 0.3) is 0 Å². The summed E-state index contributed by atoms with van der Waals surface area (Å²) in [5.74, 6) is 0. The van der Waals surface area contributed by atoms with Crippen LogP contribution in [-0.2, 0) is 0 Å². The van der Waals surface area contributed by atoms with E-state index in [0.29, 0.717) is 6.54 Å². The Kier molecular flexibility index (Phi) is 4.46. The molecule has 1 saturated carbocycles. The molecule has 2 nitrogen and oxygen atoms in total. The molecule has 0 saturated heterocycles. The van der Waals surface area contributed by atoms with E-state index >= 15 is 0 Å². The normalized spacial score (nSPS) is 20.7. The Morgan fingerprint density at radius 2 is 2.00 bits per heavy atom. The van der Waals surface area contributed by atoms with Crippen molar-refractivity contribution in [1.29, 1.82) is 0 Å². The highest BCUT2D eigenvalue weighted by Gasteiger charge is 2.38. The van der Waals surface area contributed by atoms with E-state index in [-0.39, 0.29) is 5.41 Å². The number of benzene rings is 1. The van der Waals surface area contributed by atoms with Crippen molar-refractivity contribution in [2.75, 3.05) is 6.54 Å². The molecule has 3 N–H and O–H groups in total. The van der Waals surface area contributed by atoms with Crippen LogP contribution in [0.25, 0.3) is 0 Å². The Balaban J connectivity index is 2.27. The minimum atomic E-state index is -0.445. The number of hydrogen-bond acceptors (Lipinski definition) is 2. The Bertz CT molecular complexity index is 413. The van der Waals surface area contributed by atoms with Crippen LogP contribution in [0.4, 0.5) is 0 Å². The molecule has 1 atom stereocenters. The van der Waals surface area contributed by atoms with E-state index in [1.165, 1.54) is 24.8 Å². The second-order valence-electron chi connectivity index (χ2n) is 5.54. The molecule has 0 bridgehead atoms. The van der Waals surface area contributed by atoms with Gasteiger partial charge in [-0.1, -0.05) is 47.3 Å². The van der Waals surface area contributed by atoms with Crippen LogP contribution in [0.2, 0.25) is 0 Å². The van der Waals surface area contributed by atoms with Gasteiger partial charge in [-0.3, -0.25) is 0 Å². The van der Waals surface area contributed by atoms with Gasteiger partial charge in [0.15, 0.2) is 0 Å². The van der Waals surface area contributed by atoms with E-state index in [2.05, 4.69) is 28.9 Å². The zero-order valence-corrected chi connectivity index (χ0v) is 12.5. The van der Waals surface area contributed by atoms with Crippen molar-refractivity contribution >= 4 is 15.9 Å². The first-order chi connectivity index (χ1) is 8.59. The van der Waals surface area contributed by atoms with Gasteiger partial charge < -0.3 is 10.8 Å². The monoisotopic (exact) mass is 311 g/mol. The van der Waals surface area contributed by atoms with E-state index < -0.39 is 6.10 Å². The molecule has 3 heteroatoms. The van der Waals surface area contributed by atoms with Crippen LogP contribution >= 0.6 is 15.9 Å². The van der Waals surface area contributed by atoms with E-state index in [9.17, 15) is 5.11 Å². The van der Waals surface area contributed by atoms with E-state index in [0.717, 1.165) is 22.9 Å². The van der Waals surface area contributed by atoms with Gasteiger partial charge in [-0.15, -0.1) is 0 Å². The summed E-state index contributed by atoms with van der Waals surface area (Å²) >= 11 is 3.54. The molecular weight excluding hydrogens is 290 g/mol. The molecule has 0 aromatic heterocycles. The molecule has 0 heterocycles. The van der Waals surface area contributed by atoms with E-state index in [1.54, 1.807) is 0 Å². The lowest BCUT2D eigenvalue weighted by Gasteiger charge is -2.40. The standard InChI is InChI=1S/C15H22BrNO/c1-11-5-6-12(9-13(11)16)14(18)15(10-17)7-3-2-4-8-15/h5-6,9,14,18H,2-4,7-8,10,17H2,1H3. The van der Waals surface area contributed by atoms with Gasteiger partial charge in [0.1, 0.15) is 0 Å². The maximum Gasteiger partial charge on any atom is 0.0858 e. The predicted octanol–water partition coefficient (Wildman–Crippen LogP) is 3.70. The quantitative estimate of drug-likeness (QED) is 0.894. The predicted molar refractivity (Wildman–Crippen MR) is 78.4 cm³/mol.